The summed E-state index contributed by atoms with van der Waals surface area (Å²) in [6.07, 6.45) is 0.335. The number of halogens is 1. The van der Waals surface area contributed by atoms with E-state index in [4.69, 9.17) is 11.6 Å². The van der Waals surface area contributed by atoms with E-state index < -0.39 is 31.8 Å². The number of carbonyl (C=O) groups is 1. The van der Waals surface area contributed by atoms with Crippen molar-refractivity contribution in [3.63, 3.8) is 0 Å². The van der Waals surface area contributed by atoms with Gasteiger partial charge in [-0.25, -0.2) is 21.1 Å². The van der Waals surface area contributed by atoms with Gasteiger partial charge in [0.15, 0.2) is 9.84 Å². The molecule has 1 aromatic rings. The van der Waals surface area contributed by atoms with Crippen molar-refractivity contribution in [2.24, 2.45) is 0 Å². The monoisotopic (exact) mass is 423 g/mol. The van der Waals surface area contributed by atoms with Gasteiger partial charge in [-0.1, -0.05) is 11.6 Å². The van der Waals surface area contributed by atoms with Crippen molar-refractivity contribution in [2.45, 2.75) is 17.4 Å². The number of nitrogens with one attached hydrogen (secondary N) is 1. The molecule has 0 saturated carbocycles. The van der Waals surface area contributed by atoms with Crippen LogP contribution in [0.4, 0.5) is 5.69 Å². The van der Waals surface area contributed by atoms with Gasteiger partial charge in [-0.15, -0.1) is 0 Å². The van der Waals surface area contributed by atoms with Gasteiger partial charge >= 0.3 is 0 Å². The Kier molecular flexibility index (Phi) is 5.91. The van der Waals surface area contributed by atoms with Crippen molar-refractivity contribution in [3.8, 4) is 0 Å². The lowest BCUT2D eigenvalue weighted by molar-refractivity contribution is 0.0941. The van der Waals surface area contributed by atoms with Crippen LogP contribution in [0.2, 0.25) is 5.02 Å². The molecule has 0 bridgehead atoms. The Labute approximate surface area is 159 Å². The molecule has 0 aromatic heterocycles. The van der Waals surface area contributed by atoms with Crippen LogP contribution in [-0.2, 0) is 19.9 Å². The number of hydrogen-bond acceptors (Lipinski definition) is 6. The first-order valence-electron chi connectivity index (χ1n) is 7.80. The van der Waals surface area contributed by atoms with Gasteiger partial charge in [0.25, 0.3) is 5.91 Å². The highest BCUT2D eigenvalue weighted by Gasteiger charge is 2.31. The van der Waals surface area contributed by atoms with Crippen LogP contribution < -0.4 is 10.2 Å². The second kappa shape index (κ2) is 7.34. The summed E-state index contributed by atoms with van der Waals surface area (Å²) in [5, 5.41) is 2.68. The predicted octanol–water partition coefficient (Wildman–Crippen LogP) is 0.573. The Balaban J connectivity index is 2.47. The van der Waals surface area contributed by atoms with Gasteiger partial charge in [-0.3, -0.25) is 4.79 Å². The molecule has 8 nitrogen and oxygen atoms in total. The fourth-order valence-corrected chi connectivity index (χ4v) is 5.75. The van der Waals surface area contributed by atoms with Gasteiger partial charge in [0.05, 0.1) is 27.8 Å². The molecule has 0 radical (unpaired) electrons. The summed E-state index contributed by atoms with van der Waals surface area (Å²) in [5.74, 6) is -0.631. The summed E-state index contributed by atoms with van der Waals surface area (Å²) in [7, 11) is -0.859. The Bertz CT molecular complexity index is 927. The van der Waals surface area contributed by atoms with Crippen molar-refractivity contribution < 1.29 is 21.6 Å². The zero-order valence-corrected chi connectivity index (χ0v) is 17.4. The summed E-state index contributed by atoms with van der Waals surface area (Å²) in [5.41, 5.74) is 0.551. The number of hydrogen-bond donors (Lipinski definition) is 1. The lowest BCUT2D eigenvalue weighted by Gasteiger charge is -2.21. The van der Waals surface area contributed by atoms with Crippen LogP contribution in [0.25, 0.3) is 0 Å². The Morgan fingerprint density at radius 3 is 2.31 bits per heavy atom. The first kappa shape index (κ1) is 20.9. The second-order valence-electron chi connectivity index (χ2n) is 6.56. The summed E-state index contributed by atoms with van der Waals surface area (Å²) < 4.78 is 49.1. The molecule has 2 rings (SSSR count). The fraction of sp³-hybridized carbons (Fsp3) is 0.533. The molecule has 1 saturated heterocycles. The molecule has 146 valence electrons. The second-order valence-corrected chi connectivity index (χ2v) is 11.3. The summed E-state index contributed by atoms with van der Waals surface area (Å²) >= 11 is 6.14. The van der Waals surface area contributed by atoms with Crippen LogP contribution in [0, 0.1) is 0 Å². The average Bonchev–Trinajstić information content (AvgIpc) is 2.84. The highest BCUT2D eigenvalue weighted by Crippen LogP contribution is 2.31. The molecular formula is C15H22ClN3O5S2. The normalized spacial score (nSPS) is 19.5. The van der Waals surface area contributed by atoms with Crippen LogP contribution in [0.5, 0.6) is 0 Å². The van der Waals surface area contributed by atoms with Crippen molar-refractivity contribution in [2.75, 3.05) is 44.6 Å². The quantitative estimate of drug-likeness (QED) is 0.742. The van der Waals surface area contributed by atoms with Crippen molar-refractivity contribution in [3.05, 3.63) is 22.7 Å². The van der Waals surface area contributed by atoms with E-state index in [-0.39, 0.29) is 27.0 Å². The molecule has 1 aliphatic rings. The lowest BCUT2D eigenvalue weighted by atomic mass is 10.1. The first-order chi connectivity index (χ1) is 11.8. The minimum Gasteiger partial charge on any atom is -0.377 e. The summed E-state index contributed by atoms with van der Waals surface area (Å²) in [6.45, 7) is 0. The van der Waals surface area contributed by atoms with E-state index in [1.165, 1.54) is 26.2 Å². The Hall–Kier alpha value is -1.36. The molecule has 1 fully saturated rings. The Morgan fingerprint density at radius 2 is 1.85 bits per heavy atom. The zero-order valence-electron chi connectivity index (χ0n) is 15.0. The van der Waals surface area contributed by atoms with Gasteiger partial charge < -0.3 is 10.2 Å². The Morgan fingerprint density at radius 1 is 1.23 bits per heavy atom. The average molecular weight is 424 g/mol. The number of amides is 1. The molecule has 1 heterocycles. The smallest absolute Gasteiger partial charge is 0.253 e. The number of anilines is 1. The molecule has 26 heavy (non-hydrogen) atoms. The molecule has 0 unspecified atom stereocenters. The molecule has 1 atom stereocenters. The zero-order chi connectivity index (χ0) is 19.9. The van der Waals surface area contributed by atoms with E-state index in [1.54, 1.807) is 19.0 Å². The molecule has 1 N–H and O–H groups in total. The van der Waals surface area contributed by atoms with Gasteiger partial charge in [-0.2, -0.15) is 0 Å². The van der Waals surface area contributed by atoms with Crippen LogP contribution in [0.3, 0.4) is 0 Å². The minimum absolute atomic E-state index is 0.00222. The maximum atomic E-state index is 12.7. The molecule has 1 aromatic carbocycles. The molecular weight excluding hydrogens is 402 g/mol. The number of carbonyl (C=O) groups excluding carboxylic acids is 1. The SMILES string of the molecule is CN(C)c1cc(Cl)c(S(=O)(=O)N(C)C)cc1C(=O)N[C@@H]1CCS(=O)(=O)C1. The van der Waals surface area contributed by atoms with E-state index in [2.05, 4.69) is 5.32 Å². The third-order valence-electron chi connectivity index (χ3n) is 4.10. The van der Waals surface area contributed by atoms with E-state index in [1.807, 2.05) is 0 Å². The standard InChI is InChI=1S/C15H22ClN3O5S2/c1-18(2)13-8-12(16)14(26(23,24)19(3)4)7-11(13)15(20)17-10-5-6-25(21,22)9-10/h7-8,10H,5-6,9H2,1-4H3,(H,17,20)/t10-/m1/s1. The fourth-order valence-electron chi connectivity index (χ4n) is 2.66. The summed E-state index contributed by atoms with van der Waals surface area (Å²) in [4.78, 5) is 14.2. The van der Waals surface area contributed by atoms with Crippen LogP contribution in [-0.4, -0.2) is 72.8 Å². The van der Waals surface area contributed by atoms with Crippen molar-refractivity contribution in [1.82, 2.24) is 9.62 Å². The maximum absolute atomic E-state index is 12.7. The van der Waals surface area contributed by atoms with Crippen molar-refractivity contribution >= 4 is 43.1 Å². The van der Waals surface area contributed by atoms with Gasteiger partial charge in [0, 0.05) is 34.2 Å². The molecule has 0 spiro atoms. The molecule has 1 aliphatic heterocycles. The van der Waals surface area contributed by atoms with Crippen LogP contribution in [0.15, 0.2) is 17.0 Å². The third kappa shape index (κ3) is 4.30. The van der Waals surface area contributed by atoms with Crippen LogP contribution in [0.1, 0.15) is 16.8 Å². The van der Waals surface area contributed by atoms with Crippen molar-refractivity contribution in [1.29, 1.82) is 0 Å². The molecule has 1 amide bonds. The maximum Gasteiger partial charge on any atom is 0.253 e. The number of rotatable bonds is 5. The predicted molar refractivity (Wildman–Crippen MR) is 101 cm³/mol. The number of nitrogens with zero attached hydrogens (tertiary/aromatic N) is 2. The largest absolute Gasteiger partial charge is 0.377 e. The third-order valence-corrected chi connectivity index (χ3v) is 8.15. The van der Waals surface area contributed by atoms with Gasteiger partial charge in [0.1, 0.15) is 4.90 Å². The number of sulfone groups is 1. The van der Waals surface area contributed by atoms with Gasteiger partial charge in [-0.05, 0) is 18.6 Å². The van der Waals surface area contributed by atoms with Gasteiger partial charge in [0.2, 0.25) is 10.0 Å². The van der Waals surface area contributed by atoms with Crippen LogP contribution >= 0.6 is 11.6 Å². The highest BCUT2D eigenvalue weighted by atomic mass is 35.5. The number of sulfonamides is 1. The molecule has 11 heteroatoms. The molecule has 0 aliphatic carbocycles. The van der Waals surface area contributed by atoms with E-state index >= 15 is 0 Å². The van der Waals surface area contributed by atoms with E-state index in [0.717, 1.165) is 4.31 Å². The van der Waals surface area contributed by atoms with E-state index in [0.29, 0.717) is 12.1 Å². The topological polar surface area (TPSA) is 104 Å². The lowest BCUT2D eigenvalue weighted by Crippen LogP contribution is -2.36. The minimum atomic E-state index is -3.84. The number of benzene rings is 1. The summed E-state index contributed by atoms with van der Waals surface area (Å²) in [6, 6.07) is 2.15. The highest BCUT2D eigenvalue weighted by molar-refractivity contribution is 7.91. The van der Waals surface area contributed by atoms with E-state index in [9.17, 15) is 21.6 Å². The first-order valence-corrected chi connectivity index (χ1v) is 11.4.